The number of hydrogen-bond acceptors (Lipinski definition) is 5. The lowest BCUT2D eigenvalue weighted by Crippen LogP contribution is -2.37. The van der Waals surface area contributed by atoms with E-state index in [1.165, 1.54) is 0 Å². The van der Waals surface area contributed by atoms with Crippen LogP contribution in [0.3, 0.4) is 0 Å². The predicted molar refractivity (Wildman–Crippen MR) is 74.0 cm³/mol. The van der Waals surface area contributed by atoms with Gasteiger partial charge in [0.15, 0.2) is 0 Å². The molecule has 0 amide bonds. The first-order valence-corrected chi connectivity index (χ1v) is 6.94. The van der Waals surface area contributed by atoms with E-state index < -0.39 is 0 Å². The quantitative estimate of drug-likeness (QED) is 0.469. The van der Waals surface area contributed by atoms with Crippen LogP contribution in [0.1, 0.15) is 20.3 Å². The van der Waals surface area contributed by atoms with Crippen molar-refractivity contribution in [2.45, 2.75) is 26.3 Å². The molecule has 0 fully saturated rings. The first-order chi connectivity index (χ1) is 8.78. The normalized spacial score (nSPS) is 13.2. The van der Waals surface area contributed by atoms with Crippen LogP contribution in [0.5, 0.6) is 0 Å². The van der Waals surface area contributed by atoms with Gasteiger partial charge in [-0.3, -0.25) is 4.90 Å². The minimum atomic E-state index is 0.173. The Labute approximate surface area is 111 Å². The summed E-state index contributed by atoms with van der Waals surface area (Å²) in [6, 6.07) is 0.173. The lowest BCUT2D eigenvalue weighted by molar-refractivity contribution is 0.0797. The minimum absolute atomic E-state index is 0.173. The second-order valence-corrected chi connectivity index (χ2v) is 4.19. The van der Waals surface area contributed by atoms with Crippen LogP contribution in [0.2, 0.25) is 0 Å². The van der Waals surface area contributed by atoms with Crippen molar-refractivity contribution < 1.29 is 14.6 Å². The number of likely N-dealkylation sites (N-methyl/N-ethyl adjacent to an activating group) is 1. The van der Waals surface area contributed by atoms with Gasteiger partial charge in [0.05, 0.1) is 19.8 Å². The van der Waals surface area contributed by atoms with Crippen molar-refractivity contribution in [2.75, 3.05) is 59.7 Å². The summed E-state index contributed by atoms with van der Waals surface area (Å²) in [5.74, 6) is 0. The molecule has 110 valence electrons. The molecule has 18 heavy (non-hydrogen) atoms. The van der Waals surface area contributed by atoms with Crippen LogP contribution in [-0.4, -0.2) is 75.8 Å². The number of nitrogens with one attached hydrogen (secondary N) is 1. The molecule has 0 aromatic carbocycles. The Kier molecular flexibility index (Phi) is 13.1. The van der Waals surface area contributed by atoms with Crippen LogP contribution in [0.25, 0.3) is 0 Å². The average molecular weight is 262 g/mol. The molecule has 0 aromatic heterocycles. The summed E-state index contributed by atoms with van der Waals surface area (Å²) in [6.07, 6.45) is 0.936. The monoisotopic (exact) mass is 262 g/mol. The zero-order chi connectivity index (χ0) is 13.6. The standard InChI is InChI=1S/C13H30N2O3/c1-4-17-10-8-15(9-11-18-5-2)7-6-13(12-16)14-3/h13-14,16H,4-12H2,1-3H3. The maximum atomic E-state index is 9.14. The van der Waals surface area contributed by atoms with Crippen molar-refractivity contribution >= 4 is 0 Å². The van der Waals surface area contributed by atoms with Crippen LogP contribution in [-0.2, 0) is 9.47 Å². The molecule has 0 saturated carbocycles. The highest BCUT2D eigenvalue weighted by atomic mass is 16.5. The molecule has 0 aliphatic carbocycles. The zero-order valence-corrected chi connectivity index (χ0v) is 12.2. The molecule has 5 heteroatoms. The highest BCUT2D eigenvalue weighted by Crippen LogP contribution is 1.97. The van der Waals surface area contributed by atoms with Crippen LogP contribution in [0, 0.1) is 0 Å². The van der Waals surface area contributed by atoms with Crippen LogP contribution in [0.15, 0.2) is 0 Å². The Morgan fingerprint density at radius 1 is 1.06 bits per heavy atom. The molecular weight excluding hydrogens is 232 g/mol. The van der Waals surface area contributed by atoms with Crippen molar-refractivity contribution in [3.63, 3.8) is 0 Å². The number of aliphatic hydroxyl groups excluding tert-OH is 1. The largest absolute Gasteiger partial charge is 0.395 e. The first-order valence-electron chi connectivity index (χ1n) is 6.94. The Morgan fingerprint density at radius 2 is 1.61 bits per heavy atom. The molecule has 0 saturated heterocycles. The molecule has 0 aliphatic rings. The maximum absolute atomic E-state index is 9.14. The summed E-state index contributed by atoms with van der Waals surface area (Å²) >= 11 is 0. The minimum Gasteiger partial charge on any atom is -0.395 e. The van der Waals surface area contributed by atoms with E-state index in [2.05, 4.69) is 10.2 Å². The second kappa shape index (κ2) is 13.2. The number of hydrogen-bond donors (Lipinski definition) is 2. The van der Waals surface area contributed by atoms with Gasteiger partial charge in [-0.15, -0.1) is 0 Å². The van der Waals surface area contributed by atoms with E-state index in [9.17, 15) is 0 Å². The predicted octanol–water partition coefficient (Wildman–Crippen LogP) is 0.332. The summed E-state index contributed by atoms with van der Waals surface area (Å²) in [6.45, 7) is 10.0. The maximum Gasteiger partial charge on any atom is 0.0593 e. The van der Waals surface area contributed by atoms with E-state index in [-0.39, 0.29) is 12.6 Å². The van der Waals surface area contributed by atoms with Gasteiger partial charge < -0.3 is 19.9 Å². The van der Waals surface area contributed by atoms with Gasteiger partial charge in [-0.05, 0) is 33.9 Å². The number of aliphatic hydroxyl groups is 1. The molecule has 1 unspecified atom stereocenters. The molecule has 0 aliphatic heterocycles. The van der Waals surface area contributed by atoms with Gasteiger partial charge in [0.25, 0.3) is 0 Å². The molecule has 1 atom stereocenters. The fourth-order valence-electron chi connectivity index (χ4n) is 1.68. The highest BCUT2D eigenvalue weighted by molar-refractivity contribution is 4.67. The highest BCUT2D eigenvalue weighted by Gasteiger charge is 2.09. The fourth-order valence-corrected chi connectivity index (χ4v) is 1.68. The van der Waals surface area contributed by atoms with Crippen molar-refractivity contribution in [1.82, 2.24) is 10.2 Å². The lowest BCUT2D eigenvalue weighted by Gasteiger charge is -2.24. The molecule has 0 rings (SSSR count). The molecule has 0 heterocycles. The van der Waals surface area contributed by atoms with Crippen molar-refractivity contribution in [2.24, 2.45) is 0 Å². The zero-order valence-electron chi connectivity index (χ0n) is 12.2. The summed E-state index contributed by atoms with van der Waals surface area (Å²) in [5, 5.41) is 12.2. The third-order valence-electron chi connectivity index (χ3n) is 2.93. The lowest BCUT2D eigenvalue weighted by atomic mass is 10.2. The summed E-state index contributed by atoms with van der Waals surface area (Å²) in [7, 11) is 1.88. The average Bonchev–Trinajstić information content (AvgIpc) is 2.39. The topological polar surface area (TPSA) is 54.0 Å². The molecular formula is C13H30N2O3. The summed E-state index contributed by atoms with van der Waals surface area (Å²) in [5.41, 5.74) is 0. The SMILES string of the molecule is CCOCCN(CCOCC)CCC(CO)NC. The summed E-state index contributed by atoms with van der Waals surface area (Å²) < 4.78 is 10.8. The van der Waals surface area contributed by atoms with E-state index in [1.807, 2.05) is 20.9 Å². The van der Waals surface area contributed by atoms with Gasteiger partial charge in [-0.2, -0.15) is 0 Å². The fraction of sp³-hybridized carbons (Fsp3) is 1.00. The van der Waals surface area contributed by atoms with Gasteiger partial charge in [0, 0.05) is 32.3 Å². The van der Waals surface area contributed by atoms with Crippen molar-refractivity contribution in [1.29, 1.82) is 0 Å². The second-order valence-electron chi connectivity index (χ2n) is 4.19. The molecule has 2 N–H and O–H groups in total. The summed E-state index contributed by atoms with van der Waals surface area (Å²) in [4.78, 5) is 2.32. The van der Waals surface area contributed by atoms with E-state index >= 15 is 0 Å². The van der Waals surface area contributed by atoms with Gasteiger partial charge in [0.1, 0.15) is 0 Å². The third-order valence-corrected chi connectivity index (χ3v) is 2.93. The Morgan fingerprint density at radius 3 is 2.00 bits per heavy atom. The number of ether oxygens (including phenoxy) is 2. The van der Waals surface area contributed by atoms with E-state index in [4.69, 9.17) is 14.6 Å². The van der Waals surface area contributed by atoms with Crippen molar-refractivity contribution in [3.05, 3.63) is 0 Å². The van der Waals surface area contributed by atoms with Crippen LogP contribution < -0.4 is 5.32 Å². The number of rotatable bonds is 13. The van der Waals surface area contributed by atoms with Gasteiger partial charge in [-0.25, -0.2) is 0 Å². The van der Waals surface area contributed by atoms with Crippen LogP contribution in [0.4, 0.5) is 0 Å². The molecule has 0 aromatic rings. The molecule has 0 radical (unpaired) electrons. The first kappa shape index (κ1) is 17.8. The Bertz CT molecular complexity index is 156. The number of nitrogens with zero attached hydrogens (tertiary/aromatic N) is 1. The third kappa shape index (κ3) is 9.79. The molecule has 0 spiro atoms. The van der Waals surface area contributed by atoms with E-state index in [1.54, 1.807) is 0 Å². The van der Waals surface area contributed by atoms with Crippen molar-refractivity contribution in [3.8, 4) is 0 Å². The van der Waals surface area contributed by atoms with Gasteiger partial charge in [-0.1, -0.05) is 0 Å². The molecule has 0 bridgehead atoms. The van der Waals surface area contributed by atoms with Gasteiger partial charge in [0.2, 0.25) is 0 Å². The van der Waals surface area contributed by atoms with E-state index in [0.29, 0.717) is 0 Å². The smallest absolute Gasteiger partial charge is 0.0593 e. The van der Waals surface area contributed by atoms with Gasteiger partial charge >= 0.3 is 0 Å². The Hall–Kier alpha value is -0.200. The van der Waals surface area contributed by atoms with E-state index in [0.717, 1.165) is 52.5 Å². The van der Waals surface area contributed by atoms with Crippen LogP contribution >= 0.6 is 0 Å². The Balaban J connectivity index is 3.86. The molecule has 5 nitrogen and oxygen atoms in total.